The number of carboxylic acid groups (broad SMARTS) is 2. The number of H-pyrrole nitrogens is 1. The van der Waals surface area contributed by atoms with Crippen molar-refractivity contribution < 1.29 is 39.0 Å². The van der Waals surface area contributed by atoms with E-state index in [1.807, 2.05) is 0 Å². The number of nitrogens with one attached hydrogen (secondary N) is 4. The molecule has 0 fully saturated rings. The molecule has 0 radical (unpaired) electrons. The predicted octanol–water partition coefficient (Wildman–Crippen LogP) is -2.40. The Morgan fingerprint density at radius 3 is 2.06 bits per heavy atom. The second kappa shape index (κ2) is 14.4. The van der Waals surface area contributed by atoms with Gasteiger partial charge in [0.2, 0.25) is 23.6 Å². The fourth-order valence-electron chi connectivity index (χ4n) is 3.19. The first-order valence-electron chi connectivity index (χ1n) is 11.2. The Labute approximate surface area is 206 Å². The Hall–Kier alpha value is -4.01. The summed E-state index contributed by atoms with van der Waals surface area (Å²) in [7, 11) is 0. The zero-order chi connectivity index (χ0) is 27.4. The maximum Gasteiger partial charge on any atom is 0.326 e. The van der Waals surface area contributed by atoms with Gasteiger partial charge in [-0.15, -0.1) is 0 Å². The Bertz CT molecular complexity index is 935. The fourth-order valence-corrected chi connectivity index (χ4v) is 3.19. The molecule has 10 N–H and O–H groups in total. The van der Waals surface area contributed by atoms with Crippen molar-refractivity contribution in [1.29, 1.82) is 0 Å². The van der Waals surface area contributed by atoms with Gasteiger partial charge in [0.05, 0.1) is 18.8 Å². The Morgan fingerprint density at radius 1 is 0.972 bits per heavy atom. The first-order valence-corrected chi connectivity index (χ1v) is 11.2. The van der Waals surface area contributed by atoms with Crippen LogP contribution >= 0.6 is 0 Å². The molecule has 1 aromatic heterocycles. The van der Waals surface area contributed by atoms with E-state index >= 15 is 0 Å². The predicted molar refractivity (Wildman–Crippen MR) is 124 cm³/mol. The van der Waals surface area contributed by atoms with E-state index in [0.29, 0.717) is 5.69 Å². The molecular formula is C21H33N7O8. The van der Waals surface area contributed by atoms with Gasteiger partial charge >= 0.3 is 11.9 Å². The number of aliphatic carboxylic acids is 2. The SMILES string of the molecule is CC(C)CC(NC(=O)C(CC(N)=O)NC(=O)C(N)Cc1cnc[nH]1)C(=O)NC(CCC(=O)O)C(=O)O. The van der Waals surface area contributed by atoms with E-state index < -0.39 is 72.6 Å². The van der Waals surface area contributed by atoms with Gasteiger partial charge in [-0.1, -0.05) is 13.8 Å². The lowest BCUT2D eigenvalue weighted by Gasteiger charge is -2.25. The van der Waals surface area contributed by atoms with Crippen molar-refractivity contribution in [3.8, 4) is 0 Å². The second-order valence-electron chi connectivity index (χ2n) is 8.64. The van der Waals surface area contributed by atoms with Gasteiger partial charge in [-0.2, -0.15) is 0 Å². The van der Waals surface area contributed by atoms with Crippen LogP contribution in [-0.2, 0) is 35.2 Å². The topological polar surface area (TPSA) is 260 Å². The van der Waals surface area contributed by atoms with Gasteiger partial charge in [-0.25, -0.2) is 9.78 Å². The average Bonchev–Trinajstić information content (AvgIpc) is 3.27. The number of nitrogens with two attached hydrogens (primary N) is 2. The van der Waals surface area contributed by atoms with Crippen LogP contribution in [0.2, 0.25) is 0 Å². The number of hydrogen-bond donors (Lipinski definition) is 8. The van der Waals surface area contributed by atoms with Crippen molar-refractivity contribution in [2.45, 2.75) is 70.1 Å². The van der Waals surface area contributed by atoms with E-state index in [1.165, 1.54) is 12.5 Å². The first kappa shape index (κ1) is 30.0. The van der Waals surface area contributed by atoms with E-state index in [1.54, 1.807) is 13.8 Å². The van der Waals surface area contributed by atoms with Crippen molar-refractivity contribution in [2.24, 2.45) is 17.4 Å². The van der Waals surface area contributed by atoms with Gasteiger partial charge in [0, 0.05) is 24.7 Å². The molecule has 0 aromatic carbocycles. The molecule has 0 bridgehead atoms. The van der Waals surface area contributed by atoms with Gasteiger partial charge in [-0.05, 0) is 18.8 Å². The molecule has 15 nitrogen and oxygen atoms in total. The van der Waals surface area contributed by atoms with Gasteiger partial charge in [-0.3, -0.25) is 24.0 Å². The summed E-state index contributed by atoms with van der Waals surface area (Å²) in [5.41, 5.74) is 11.6. The molecule has 0 aliphatic carbocycles. The second-order valence-corrected chi connectivity index (χ2v) is 8.64. The van der Waals surface area contributed by atoms with Gasteiger partial charge in [0.1, 0.15) is 18.1 Å². The molecule has 0 saturated heterocycles. The van der Waals surface area contributed by atoms with Crippen molar-refractivity contribution in [3.63, 3.8) is 0 Å². The van der Waals surface area contributed by atoms with Gasteiger partial charge in [0.25, 0.3) is 0 Å². The van der Waals surface area contributed by atoms with Crippen molar-refractivity contribution in [1.82, 2.24) is 25.9 Å². The fraction of sp³-hybridized carbons (Fsp3) is 0.571. The highest BCUT2D eigenvalue weighted by atomic mass is 16.4. The molecule has 4 atom stereocenters. The Kier molecular flexibility index (Phi) is 12.0. The number of primary amides is 1. The van der Waals surface area contributed by atoms with Crippen LogP contribution in [0, 0.1) is 5.92 Å². The molecule has 1 aromatic rings. The molecule has 0 aliphatic rings. The highest BCUT2D eigenvalue weighted by Crippen LogP contribution is 2.08. The summed E-state index contributed by atoms with van der Waals surface area (Å²) in [6.45, 7) is 3.51. The number of hydrogen-bond acceptors (Lipinski definition) is 8. The van der Waals surface area contributed by atoms with E-state index in [9.17, 15) is 33.9 Å². The Balaban J connectivity index is 2.95. The minimum atomic E-state index is -1.50. The number of nitrogens with zero attached hydrogens (tertiary/aromatic N) is 1. The molecule has 15 heteroatoms. The third kappa shape index (κ3) is 10.9. The van der Waals surface area contributed by atoms with E-state index in [0.717, 1.165) is 0 Å². The molecule has 4 unspecified atom stereocenters. The average molecular weight is 512 g/mol. The third-order valence-corrected chi connectivity index (χ3v) is 4.97. The molecule has 200 valence electrons. The van der Waals surface area contributed by atoms with Crippen molar-refractivity contribution in [2.75, 3.05) is 0 Å². The molecule has 4 amide bonds. The molecule has 36 heavy (non-hydrogen) atoms. The van der Waals surface area contributed by atoms with Crippen LogP contribution in [0.15, 0.2) is 12.5 Å². The normalized spacial score (nSPS) is 14.2. The van der Waals surface area contributed by atoms with Crippen LogP contribution in [0.1, 0.15) is 45.2 Å². The lowest BCUT2D eigenvalue weighted by atomic mass is 10.0. The number of carbonyl (C=O) groups excluding carboxylic acids is 4. The van der Waals surface area contributed by atoms with E-state index in [-0.39, 0.29) is 25.2 Å². The number of imidazole rings is 1. The summed E-state index contributed by atoms with van der Waals surface area (Å²) in [6, 6.07) is -5.28. The van der Waals surface area contributed by atoms with Crippen molar-refractivity contribution in [3.05, 3.63) is 18.2 Å². The molecule has 0 saturated carbocycles. The molecule has 1 heterocycles. The standard InChI is InChI=1S/C21H33N7O8/c1-10(2)5-14(19(33)26-13(21(35)36)3-4-17(30)31)28-20(34)15(7-16(23)29)27-18(32)12(22)6-11-8-24-9-25-11/h8-10,12-15H,3-7,22H2,1-2H3,(H2,23,29)(H,24,25)(H,26,33)(H,27,32)(H,28,34)(H,30,31)(H,35,36). The summed E-state index contributed by atoms with van der Waals surface area (Å²) < 4.78 is 0. The zero-order valence-electron chi connectivity index (χ0n) is 20.0. The summed E-state index contributed by atoms with van der Waals surface area (Å²) in [5, 5.41) is 25.1. The third-order valence-electron chi connectivity index (χ3n) is 4.97. The van der Waals surface area contributed by atoms with Crippen molar-refractivity contribution >= 4 is 35.6 Å². The Morgan fingerprint density at radius 2 is 1.56 bits per heavy atom. The van der Waals surface area contributed by atoms with Crippen LogP contribution in [0.3, 0.4) is 0 Å². The van der Waals surface area contributed by atoms with Crippen LogP contribution < -0.4 is 27.4 Å². The molecular weight excluding hydrogens is 478 g/mol. The van der Waals surface area contributed by atoms with Gasteiger partial charge < -0.3 is 42.6 Å². The maximum absolute atomic E-state index is 12.9. The summed E-state index contributed by atoms with van der Waals surface area (Å²) in [4.78, 5) is 78.5. The molecule has 0 aliphatic heterocycles. The van der Waals surface area contributed by atoms with E-state index in [4.69, 9.17) is 16.6 Å². The van der Waals surface area contributed by atoms with Crippen LogP contribution in [0.4, 0.5) is 0 Å². The summed E-state index contributed by atoms with van der Waals surface area (Å²) in [5.74, 6) is -6.24. The number of rotatable bonds is 16. The number of amides is 4. The summed E-state index contributed by atoms with van der Waals surface area (Å²) in [6.07, 6.45) is 1.58. The number of carboxylic acids is 2. The van der Waals surface area contributed by atoms with Gasteiger partial charge in [0.15, 0.2) is 0 Å². The van der Waals surface area contributed by atoms with Crippen LogP contribution in [0.25, 0.3) is 0 Å². The highest BCUT2D eigenvalue weighted by molar-refractivity contribution is 5.96. The van der Waals surface area contributed by atoms with E-state index in [2.05, 4.69) is 25.9 Å². The highest BCUT2D eigenvalue weighted by Gasteiger charge is 2.31. The number of aromatic amines is 1. The number of aromatic nitrogens is 2. The lowest BCUT2D eigenvalue weighted by Crippen LogP contribution is -2.58. The van der Waals surface area contributed by atoms with Crippen LogP contribution in [-0.4, -0.2) is 79.9 Å². The largest absolute Gasteiger partial charge is 0.481 e. The quantitative estimate of drug-likeness (QED) is 0.117. The minimum absolute atomic E-state index is 0.0715. The minimum Gasteiger partial charge on any atom is -0.481 e. The zero-order valence-corrected chi connectivity index (χ0v) is 20.0. The smallest absolute Gasteiger partial charge is 0.326 e. The van der Waals surface area contributed by atoms with Crippen LogP contribution in [0.5, 0.6) is 0 Å². The molecule has 0 spiro atoms. The summed E-state index contributed by atoms with van der Waals surface area (Å²) >= 11 is 0. The lowest BCUT2D eigenvalue weighted by molar-refractivity contribution is -0.143. The number of carbonyl (C=O) groups is 6. The monoisotopic (exact) mass is 511 g/mol. The first-order chi connectivity index (χ1) is 16.8. The molecule has 1 rings (SSSR count). The maximum atomic E-state index is 12.9.